The van der Waals surface area contributed by atoms with Gasteiger partial charge in [-0.1, -0.05) is 19.8 Å². The molecule has 2 rings (SSSR count). The largest absolute Gasteiger partial charge is 0.358 e. The van der Waals surface area contributed by atoms with Crippen molar-refractivity contribution in [3.8, 4) is 0 Å². The van der Waals surface area contributed by atoms with Gasteiger partial charge in [-0.15, -0.1) is 0 Å². The monoisotopic (exact) mass is 223 g/mol. The Hall–Kier alpha value is -0.570. The second-order valence-electron chi connectivity index (χ2n) is 5.16. The van der Waals surface area contributed by atoms with Gasteiger partial charge in [-0.2, -0.15) is 0 Å². The van der Waals surface area contributed by atoms with E-state index in [1.54, 1.807) is 0 Å². The summed E-state index contributed by atoms with van der Waals surface area (Å²) in [6.07, 6.45) is 7.72. The molecular weight excluding hydrogens is 198 g/mol. The molecule has 0 aromatic heterocycles. The molecule has 1 saturated heterocycles. The van der Waals surface area contributed by atoms with Gasteiger partial charge in [-0.25, -0.2) is 0 Å². The highest BCUT2D eigenvalue weighted by atomic mass is 15.3. The van der Waals surface area contributed by atoms with Gasteiger partial charge in [0.25, 0.3) is 0 Å². The van der Waals surface area contributed by atoms with Crippen LogP contribution in [0.5, 0.6) is 0 Å². The molecule has 0 amide bonds. The Bertz CT molecular complexity index is 225. The molecule has 1 saturated carbocycles. The summed E-state index contributed by atoms with van der Waals surface area (Å²) in [4.78, 5) is 4.93. The molecule has 1 heterocycles. The highest BCUT2D eigenvalue weighted by molar-refractivity contribution is 5.79. The van der Waals surface area contributed by atoms with Gasteiger partial charge >= 0.3 is 0 Å². The molecule has 0 bridgehead atoms. The van der Waals surface area contributed by atoms with Crippen LogP contribution in [0.15, 0.2) is 0 Å². The second-order valence-corrected chi connectivity index (χ2v) is 5.16. The lowest BCUT2D eigenvalue weighted by Crippen LogP contribution is -2.51. The molecule has 0 aromatic rings. The van der Waals surface area contributed by atoms with Gasteiger partial charge in [-0.05, 0) is 19.3 Å². The first-order chi connectivity index (χ1) is 7.81. The minimum atomic E-state index is 0.855. The minimum absolute atomic E-state index is 0.855. The lowest BCUT2D eigenvalue weighted by Gasteiger charge is -2.39. The fraction of sp³-hybridized carbons (Fsp3) is 0.923. The summed E-state index contributed by atoms with van der Waals surface area (Å²) in [6, 6.07) is 0.863. The third-order valence-corrected chi connectivity index (χ3v) is 4.02. The van der Waals surface area contributed by atoms with E-state index in [2.05, 4.69) is 16.7 Å². The average Bonchev–Trinajstić information content (AvgIpc) is 2.83. The van der Waals surface area contributed by atoms with Crippen LogP contribution in [0, 0.1) is 5.41 Å². The zero-order valence-electron chi connectivity index (χ0n) is 10.5. The van der Waals surface area contributed by atoms with Crippen molar-refractivity contribution < 1.29 is 0 Å². The quantitative estimate of drug-likeness (QED) is 0.588. The fourth-order valence-corrected chi connectivity index (χ4v) is 3.02. The topological polar surface area (TPSA) is 30.3 Å². The van der Waals surface area contributed by atoms with Crippen molar-refractivity contribution in [2.45, 2.75) is 51.5 Å². The fourth-order valence-electron chi connectivity index (χ4n) is 3.02. The van der Waals surface area contributed by atoms with Crippen LogP contribution < -0.4 is 0 Å². The van der Waals surface area contributed by atoms with Crippen molar-refractivity contribution in [3.05, 3.63) is 0 Å². The molecule has 2 fully saturated rings. The number of hydrogen-bond acceptors (Lipinski definition) is 2. The number of rotatable bonds is 3. The summed E-state index contributed by atoms with van der Waals surface area (Å²) >= 11 is 0. The molecule has 0 atom stereocenters. The predicted octanol–water partition coefficient (Wildman–Crippen LogP) is 2.32. The Balaban J connectivity index is 1.75. The maximum absolute atomic E-state index is 7.97. The van der Waals surface area contributed by atoms with Gasteiger partial charge in [0.2, 0.25) is 0 Å². The first-order valence-corrected chi connectivity index (χ1v) is 6.87. The maximum Gasteiger partial charge on any atom is 0.0958 e. The van der Waals surface area contributed by atoms with Crippen LogP contribution in [0.3, 0.4) is 0 Å². The minimum Gasteiger partial charge on any atom is -0.358 e. The summed E-state index contributed by atoms with van der Waals surface area (Å²) in [5.74, 6) is 0.855. The zero-order valence-corrected chi connectivity index (χ0v) is 10.5. The molecule has 3 heteroatoms. The normalized spacial score (nSPS) is 23.9. The average molecular weight is 223 g/mol. The third-order valence-electron chi connectivity index (χ3n) is 4.02. The molecule has 3 nitrogen and oxygen atoms in total. The first-order valence-electron chi connectivity index (χ1n) is 6.87. The predicted molar refractivity (Wildman–Crippen MR) is 68.0 cm³/mol. The standard InChI is InChI=1S/C13H25N3/c1-2-5-13(14)16-10-8-15(9-11-16)12-6-3-4-7-12/h12,14H,2-11H2,1H3. The van der Waals surface area contributed by atoms with E-state index in [1.807, 2.05) is 0 Å². The summed E-state index contributed by atoms with van der Waals surface area (Å²) in [6.45, 7) is 6.67. The molecule has 1 aliphatic carbocycles. The van der Waals surface area contributed by atoms with Crippen LogP contribution in [0.25, 0.3) is 0 Å². The van der Waals surface area contributed by atoms with Crippen molar-refractivity contribution in [2.75, 3.05) is 26.2 Å². The lowest BCUT2D eigenvalue weighted by molar-refractivity contribution is 0.132. The third kappa shape index (κ3) is 2.76. The Kier molecular flexibility index (Phi) is 4.22. The molecule has 0 aromatic carbocycles. The van der Waals surface area contributed by atoms with Gasteiger partial charge in [0.1, 0.15) is 0 Å². The molecule has 16 heavy (non-hydrogen) atoms. The summed E-state index contributed by atoms with van der Waals surface area (Å²) in [5.41, 5.74) is 0. The van der Waals surface area contributed by atoms with Gasteiger partial charge in [-0.3, -0.25) is 10.3 Å². The number of hydrogen-bond donors (Lipinski definition) is 1. The van der Waals surface area contributed by atoms with Crippen LogP contribution in [-0.2, 0) is 0 Å². The molecule has 0 spiro atoms. The Morgan fingerprint density at radius 2 is 1.75 bits per heavy atom. The van der Waals surface area contributed by atoms with E-state index in [0.717, 1.165) is 37.8 Å². The van der Waals surface area contributed by atoms with E-state index in [9.17, 15) is 0 Å². The molecule has 1 aliphatic heterocycles. The lowest BCUT2D eigenvalue weighted by atomic mass is 10.1. The van der Waals surface area contributed by atoms with E-state index >= 15 is 0 Å². The van der Waals surface area contributed by atoms with Gasteiger partial charge in [0, 0.05) is 38.6 Å². The maximum atomic E-state index is 7.97. The summed E-state index contributed by atoms with van der Waals surface area (Å²) < 4.78 is 0. The van der Waals surface area contributed by atoms with E-state index < -0.39 is 0 Å². The molecular formula is C13H25N3. The first kappa shape index (κ1) is 11.9. The summed E-state index contributed by atoms with van der Waals surface area (Å²) in [5, 5.41) is 7.97. The Labute approximate surface area is 99.3 Å². The van der Waals surface area contributed by atoms with E-state index in [1.165, 1.54) is 38.8 Å². The zero-order chi connectivity index (χ0) is 11.4. The van der Waals surface area contributed by atoms with Crippen LogP contribution in [-0.4, -0.2) is 47.9 Å². The molecule has 0 unspecified atom stereocenters. The second kappa shape index (κ2) is 5.67. The summed E-state index contributed by atoms with van der Waals surface area (Å²) in [7, 11) is 0. The van der Waals surface area contributed by atoms with Crippen LogP contribution in [0.1, 0.15) is 45.4 Å². The van der Waals surface area contributed by atoms with Gasteiger partial charge < -0.3 is 4.90 Å². The molecule has 92 valence electrons. The van der Waals surface area contributed by atoms with Crippen molar-refractivity contribution in [1.82, 2.24) is 9.80 Å². The highest BCUT2D eigenvalue weighted by Gasteiger charge is 2.26. The Morgan fingerprint density at radius 3 is 2.31 bits per heavy atom. The van der Waals surface area contributed by atoms with E-state index in [-0.39, 0.29) is 0 Å². The number of piperazine rings is 1. The van der Waals surface area contributed by atoms with Crippen LogP contribution in [0.4, 0.5) is 0 Å². The SMILES string of the molecule is CCCC(=N)N1CCN(C2CCCC2)CC1. The van der Waals surface area contributed by atoms with Crippen molar-refractivity contribution in [2.24, 2.45) is 0 Å². The number of nitrogens with zero attached hydrogens (tertiary/aromatic N) is 2. The van der Waals surface area contributed by atoms with Crippen molar-refractivity contribution >= 4 is 5.84 Å². The highest BCUT2D eigenvalue weighted by Crippen LogP contribution is 2.24. The van der Waals surface area contributed by atoms with Crippen LogP contribution >= 0.6 is 0 Å². The number of amidine groups is 1. The van der Waals surface area contributed by atoms with E-state index in [4.69, 9.17) is 5.41 Å². The molecule has 2 aliphatic rings. The smallest absolute Gasteiger partial charge is 0.0958 e. The van der Waals surface area contributed by atoms with E-state index in [0.29, 0.717) is 0 Å². The molecule has 0 radical (unpaired) electrons. The van der Waals surface area contributed by atoms with Crippen LogP contribution in [0.2, 0.25) is 0 Å². The van der Waals surface area contributed by atoms with Gasteiger partial charge in [0.05, 0.1) is 5.84 Å². The van der Waals surface area contributed by atoms with Crippen molar-refractivity contribution in [1.29, 1.82) is 5.41 Å². The van der Waals surface area contributed by atoms with Crippen molar-refractivity contribution in [3.63, 3.8) is 0 Å². The molecule has 1 N–H and O–H groups in total. The Morgan fingerprint density at radius 1 is 1.12 bits per heavy atom. The number of nitrogens with one attached hydrogen (secondary N) is 1. The van der Waals surface area contributed by atoms with Gasteiger partial charge in [0.15, 0.2) is 0 Å².